The molecule has 0 aliphatic rings. The molecular weight excluding hydrogens is 414 g/mol. The molecule has 0 spiro atoms. The molecule has 0 aliphatic carbocycles. The Hall–Kier alpha value is -3.22. The Morgan fingerprint density at radius 3 is 1.74 bits per heavy atom. The molecule has 13 heteroatoms. The van der Waals surface area contributed by atoms with Gasteiger partial charge in [-0.15, -0.1) is 0 Å². The Balaban J connectivity index is 5.03. The lowest BCUT2D eigenvalue weighted by Crippen LogP contribution is -2.57. The van der Waals surface area contributed by atoms with Crippen molar-refractivity contribution in [3.8, 4) is 0 Å². The van der Waals surface area contributed by atoms with Crippen molar-refractivity contribution in [1.29, 1.82) is 0 Å². The summed E-state index contributed by atoms with van der Waals surface area (Å²) in [5.74, 6) is -5.66. The summed E-state index contributed by atoms with van der Waals surface area (Å²) in [6.45, 7) is 4.20. The fourth-order valence-electron chi connectivity index (χ4n) is 2.48. The van der Waals surface area contributed by atoms with Crippen LogP contribution in [0.2, 0.25) is 0 Å². The molecule has 176 valence electrons. The number of carbonyl (C=O) groups is 6. The summed E-state index contributed by atoms with van der Waals surface area (Å²) in [7, 11) is 0. The fraction of sp³-hybridized carbons (Fsp3) is 0.667. The number of aliphatic carboxylic acids is 2. The highest BCUT2D eigenvalue weighted by molar-refractivity contribution is 5.96. The number of carboxylic acid groups (broad SMARTS) is 2. The second-order valence-electron chi connectivity index (χ2n) is 7.00. The van der Waals surface area contributed by atoms with Gasteiger partial charge in [0.2, 0.25) is 23.6 Å². The second kappa shape index (κ2) is 13.9. The van der Waals surface area contributed by atoms with Gasteiger partial charge in [0.15, 0.2) is 0 Å². The van der Waals surface area contributed by atoms with E-state index in [9.17, 15) is 33.9 Å². The third-order valence-corrected chi connectivity index (χ3v) is 4.14. The van der Waals surface area contributed by atoms with E-state index in [1.807, 2.05) is 0 Å². The highest BCUT2D eigenvalue weighted by Gasteiger charge is 2.29. The number of hydrogen-bond acceptors (Lipinski definition) is 7. The quantitative estimate of drug-likeness (QED) is 0.142. The monoisotopic (exact) mass is 445 g/mol. The summed E-state index contributed by atoms with van der Waals surface area (Å²) >= 11 is 0. The fourth-order valence-corrected chi connectivity index (χ4v) is 2.48. The molecule has 0 heterocycles. The van der Waals surface area contributed by atoms with Crippen LogP contribution >= 0.6 is 0 Å². The molecule has 0 saturated heterocycles. The highest BCUT2D eigenvalue weighted by atomic mass is 16.4. The molecule has 0 aromatic carbocycles. The van der Waals surface area contributed by atoms with Crippen molar-refractivity contribution < 1.29 is 39.0 Å². The highest BCUT2D eigenvalue weighted by Crippen LogP contribution is 2.02. The summed E-state index contributed by atoms with van der Waals surface area (Å²) in [5, 5.41) is 27.3. The van der Waals surface area contributed by atoms with E-state index in [0.29, 0.717) is 19.4 Å². The van der Waals surface area contributed by atoms with E-state index in [0.717, 1.165) is 0 Å². The second-order valence-corrected chi connectivity index (χ2v) is 7.00. The van der Waals surface area contributed by atoms with Crippen LogP contribution in [0.4, 0.5) is 0 Å². The molecular formula is C18H31N5O8. The lowest BCUT2D eigenvalue weighted by atomic mass is 10.1. The number of rotatable bonds is 14. The van der Waals surface area contributed by atoms with Crippen LogP contribution in [-0.4, -0.2) is 76.5 Å². The van der Waals surface area contributed by atoms with E-state index >= 15 is 0 Å². The van der Waals surface area contributed by atoms with Crippen LogP contribution in [-0.2, 0) is 28.8 Å². The van der Waals surface area contributed by atoms with Crippen molar-refractivity contribution in [3.05, 3.63) is 0 Å². The number of amides is 4. The average Bonchev–Trinajstić information content (AvgIpc) is 2.65. The van der Waals surface area contributed by atoms with Crippen molar-refractivity contribution in [3.63, 3.8) is 0 Å². The van der Waals surface area contributed by atoms with E-state index < -0.39 is 66.2 Å². The summed E-state index contributed by atoms with van der Waals surface area (Å²) in [5.41, 5.74) is 5.36. The Morgan fingerprint density at radius 1 is 0.774 bits per heavy atom. The summed E-state index contributed by atoms with van der Waals surface area (Å²) < 4.78 is 0. The molecule has 4 atom stereocenters. The molecule has 31 heavy (non-hydrogen) atoms. The Labute approximate surface area is 179 Å². The lowest BCUT2D eigenvalue weighted by Gasteiger charge is -2.23. The van der Waals surface area contributed by atoms with Crippen LogP contribution in [0.15, 0.2) is 0 Å². The smallest absolute Gasteiger partial charge is 0.326 e. The molecule has 4 amide bonds. The van der Waals surface area contributed by atoms with Crippen LogP contribution in [0.5, 0.6) is 0 Å². The number of nitrogens with two attached hydrogens (primary N) is 1. The molecule has 0 aliphatic heterocycles. The minimum absolute atomic E-state index is 0.150. The van der Waals surface area contributed by atoms with E-state index in [1.54, 1.807) is 0 Å². The number of nitrogens with one attached hydrogen (secondary N) is 4. The van der Waals surface area contributed by atoms with Crippen LogP contribution in [0.25, 0.3) is 0 Å². The predicted molar refractivity (Wildman–Crippen MR) is 108 cm³/mol. The number of carbonyl (C=O) groups excluding carboxylic acids is 4. The SMILES string of the molecule is CC(=O)N[C@@H](C)C(=O)N[C@@H](CC(=O)O)C(=O)N[C@@H](C)C(=O)N[C@@H](CCCCN)C(=O)O. The first-order chi connectivity index (χ1) is 14.4. The van der Waals surface area contributed by atoms with E-state index in [4.69, 9.17) is 10.8 Å². The zero-order valence-electron chi connectivity index (χ0n) is 17.8. The average molecular weight is 445 g/mol. The van der Waals surface area contributed by atoms with Gasteiger partial charge in [0.25, 0.3) is 0 Å². The van der Waals surface area contributed by atoms with Gasteiger partial charge in [0, 0.05) is 6.92 Å². The summed E-state index contributed by atoms with van der Waals surface area (Å²) in [4.78, 5) is 70.1. The van der Waals surface area contributed by atoms with Gasteiger partial charge in [-0.3, -0.25) is 24.0 Å². The lowest BCUT2D eigenvalue weighted by molar-refractivity contribution is -0.143. The molecule has 13 nitrogen and oxygen atoms in total. The van der Waals surface area contributed by atoms with Gasteiger partial charge in [-0.2, -0.15) is 0 Å². The molecule has 0 aromatic heterocycles. The van der Waals surface area contributed by atoms with Gasteiger partial charge >= 0.3 is 11.9 Å². The van der Waals surface area contributed by atoms with Gasteiger partial charge in [-0.05, 0) is 39.7 Å². The molecule has 0 saturated carbocycles. The Kier molecular flexibility index (Phi) is 12.5. The van der Waals surface area contributed by atoms with Gasteiger partial charge in [-0.25, -0.2) is 4.79 Å². The summed E-state index contributed by atoms with van der Waals surface area (Å²) in [6, 6.07) is -4.92. The largest absolute Gasteiger partial charge is 0.481 e. The third kappa shape index (κ3) is 11.5. The van der Waals surface area contributed by atoms with Crippen LogP contribution < -0.4 is 27.0 Å². The van der Waals surface area contributed by atoms with E-state index in [2.05, 4.69) is 21.3 Å². The Morgan fingerprint density at radius 2 is 1.29 bits per heavy atom. The molecule has 0 fully saturated rings. The first-order valence-corrected chi connectivity index (χ1v) is 9.71. The van der Waals surface area contributed by atoms with Gasteiger partial charge in [0.05, 0.1) is 6.42 Å². The maximum atomic E-state index is 12.4. The van der Waals surface area contributed by atoms with Crippen LogP contribution in [0.3, 0.4) is 0 Å². The van der Waals surface area contributed by atoms with Gasteiger partial charge in [-0.1, -0.05) is 0 Å². The topological polar surface area (TPSA) is 217 Å². The number of unbranched alkanes of at least 4 members (excludes halogenated alkanes) is 1. The molecule has 0 rings (SSSR count). The van der Waals surface area contributed by atoms with Crippen molar-refractivity contribution in [2.45, 2.75) is 70.6 Å². The zero-order chi connectivity index (χ0) is 24.1. The Bertz CT molecular complexity index is 684. The molecule has 0 radical (unpaired) electrons. The van der Waals surface area contributed by atoms with E-state index in [-0.39, 0.29) is 6.42 Å². The number of hydrogen-bond donors (Lipinski definition) is 7. The van der Waals surface area contributed by atoms with E-state index in [1.165, 1.54) is 20.8 Å². The van der Waals surface area contributed by atoms with Crippen molar-refractivity contribution >= 4 is 35.6 Å². The van der Waals surface area contributed by atoms with Gasteiger partial charge < -0.3 is 37.2 Å². The normalized spacial score (nSPS) is 14.3. The van der Waals surface area contributed by atoms with Crippen LogP contribution in [0.1, 0.15) is 46.5 Å². The standard InChI is InChI=1S/C18H31N5O8/c1-9(20-11(3)24)15(27)23-13(8-14(25)26)17(29)21-10(2)16(28)22-12(18(30)31)6-4-5-7-19/h9-10,12-13H,4-8,19H2,1-3H3,(H,20,24)(H,21,29)(H,22,28)(H,23,27)(H,25,26)(H,30,31)/t9-,10-,12-,13-/m0/s1. The first kappa shape index (κ1) is 27.8. The summed E-state index contributed by atoms with van der Waals surface area (Å²) in [6.07, 6.45) is 0.445. The van der Waals surface area contributed by atoms with Crippen molar-refractivity contribution in [2.24, 2.45) is 5.73 Å². The van der Waals surface area contributed by atoms with Crippen molar-refractivity contribution in [2.75, 3.05) is 6.54 Å². The number of carboxylic acids is 2. The maximum Gasteiger partial charge on any atom is 0.326 e. The molecule has 0 unspecified atom stereocenters. The molecule has 0 bridgehead atoms. The van der Waals surface area contributed by atoms with Gasteiger partial charge in [0.1, 0.15) is 24.2 Å². The minimum Gasteiger partial charge on any atom is -0.481 e. The minimum atomic E-state index is -1.52. The van der Waals surface area contributed by atoms with Crippen LogP contribution in [0, 0.1) is 0 Å². The van der Waals surface area contributed by atoms with Crippen molar-refractivity contribution in [1.82, 2.24) is 21.3 Å². The predicted octanol–water partition coefficient (Wildman–Crippen LogP) is -2.33. The zero-order valence-corrected chi connectivity index (χ0v) is 17.8. The molecule has 8 N–H and O–H groups in total. The molecule has 0 aromatic rings. The maximum absolute atomic E-state index is 12.4. The third-order valence-electron chi connectivity index (χ3n) is 4.14. The first-order valence-electron chi connectivity index (χ1n) is 9.71.